The quantitative estimate of drug-likeness (QED) is 0.613. The second-order valence-electron chi connectivity index (χ2n) is 5.08. The van der Waals surface area contributed by atoms with Gasteiger partial charge in [-0.15, -0.1) is 0 Å². The third-order valence-electron chi connectivity index (χ3n) is 2.30. The maximum atomic E-state index is 3.94. The highest BCUT2D eigenvalue weighted by atomic mass is 14.2. The molecule has 0 nitrogen and oxygen atoms in total. The first-order valence-electron chi connectivity index (χ1n) is 5.13. The predicted octanol–water partition coefficient (Wildman–Crippen LogP) is 4.10. The highest BCUT2D eigenvalue weighted by Crippen LogP contribution is 2.23. The molecule has 1 aromatic rings. The summed E-state index contributed by atoms with van der Waals surface area (Å²) in [6.45, 7) is 12.7. The monoisotopic (exact) mass is 188 g/mol. The van der Waals surface area contributed by atoms with E-state index in [9.17, 15) is 0 Å². The molecular formula is C14H20. The second kappa shape index (κ2) is 4.00. The maximum absolute atomic E-state index is 3.94. The summed E-state index contributed by atoms with van der Waals surface area (Å²) >= 11 is 0. The number of allylic oxidation sites excluding steroid dienone is 1. The summed E-state index contributed by atoms with van der Waals surface area (Å²) in [4.78, 5) is 0. The zero-order chi connectivity index (χ0) is 10.8. The molecule has 0 heteroatoms. The van der Waals surface area contributed by atoms with Gasteiger partial charge < -0.3 is 0 Å². The molecule has 0 aliphatic heterocycles. The molecule has 0 saturated carbocycles. The molecule has 1 rings (SSSR count). The molecule has 0 unspecified atom stereocenters. The molecule has 0 N–H and O–H groups in total. The molecule has 0 aliphatic carbocycles. The van der Waals surface area contributed by atoms with Gasteiger partial charge in [0.2, 0.25) is 0 Å². The van der Waals surface area contributed by atoms with E-state index in [1.54, 1.807) is 0 Å². The molecule has 0 aromatic heterocycles. The number of hydrogen-bond donors (Lipinski definition) is 0. The Balaban J connectivity index is 2.95. The minimum absolute atomic E-state index is 0.241. The number of rotatable bonds is 2. The van der Waals surface area contributed by atoms with E-state index in [1.807, 2.05) is 0 Å². The van der Waals surface area contributed by atoms with Crippen molar-refractivity contribution in [2.24, 2.45) is 0 Å². The second-order valence-corrected chi connectivity index (χ2v) is 5.08. The van der Waals surface area contributed by atoms with Crippen molar-refractivity contribution in [3.8, 4) is 0 Å². The van der Waals surface area contributed by atoms with E-state index in [-0.39, 0.29) is 5.41 Å². The Morgan fingerprint density at radius 1 is 1.29 bits per heavy atom. The number of benzene rings is 1. The zero-order valence-corrected chi connectivity index (χ0v) is 9.72. The highest BCUT2D eigenvalue weighted by Gasteiger charge is 2.13. The van der Waals surface area contributed by atoms with E-state index in [2.05, 4.69) is 58.5 Å². The van der Waals surface area contributed by atoms with Crippen LogP contribution in [-0.4, -0.2) is 0 Å². The van der Waals surface area contributed by atoms with Gasteiger partial charge in [0, 0.05) is 0 Å². The van der Waals surface area contributed by atoms with Crippen molar-refractivity contribution in [2.45, 2.75) is 39.5 Å². The summed E-state index contributed by atoms with van der Waals surface area (Å²) in [5.74, 6) is 0. The average molecular weight is 188 g/mol. The van der Waals surface area contributed by atoms with Crippen molar-refractivity contribution in [1.82, 2.24) is 0 Å². The van der Waals surface area contributed by atoms with E-state index < -0.39 is 0 Å². The lowest BCUT2D eigenvalue weighted by Gasteiger charge is -2.19. The first kappa shape index (κ1) is 11.0. The molecule has 0 amide bonds. The van der Waals surface area contributed by atoms with Crippen LogP contribution < -0.4 is 0 Å². The normalized spacial score (nSPS) is 11.4. The fourth-order valence-electron chi connectivity index (χ4n) is 1.50. The summed E-state index contributed by atoms with van der Waals surface area (Å²) in [5, 5.41) is 0. The SMILES string of the molecule is C=C(C)Cc1cccc(C(C)(C)C)c1. The van der Waals surface area contributed by atoms with Gasteiger partial charge in [-0.2, -0.15) is 0 Å². The minimum Gasteiger partial charge on any atom is -0.0998 e. The van der Waals surface area contributed by atoms with Crippen molar-refractivity contribution in [3.63, 3.8) is 0 Å². The Morgan fingerprint density at radius 3 is 2.43 bits per heavy atom. The molecule has 0 atom stereocenters. The first-order valence-corrected chi connectivity index (χ1v) is 5.13. The Hall–Kier alpha value is -1.04. The summed E-state index contributed by atoms with van der Waals surface area (Å²) in [5.41, 5.74) is 4.22. The van der Waals surface area contributed by atoms with Crippen LogP contribution in [0.3, 0.4) is 0 Å². The van der Waals surface area contributed by atoms with E-state index in [0.717, 1.165) is 6.42 Å². The van der Waals surface area contributed by atoms with Gasteiger partial charge in [0.1, 0.15) is 0 Å². The lowest BCUT2D eigenvalue weighted by atomic mass is 9.86. The largest absolute Gasteiger partial charge is 0.0998 e. The van der Waals surface area contributed by atoms with Crippen LogP contribution in [0.4, 0.5) is 0 Å². The van der Waals surface area contributed by atoms with Gasteiger partial charge in [-0.1, -0.05) is 57.2 Å². The lowest BCUT2D eigenvalue weighted by Crippen LogP contribution is -2.11. The van der Waals surface area contributed by atoms with Gasteiger partial charge >= 0.3 is 0 Å². The fourth-order valence-corrected chi connectivity index (χ4v) is 1.50. The molecule has 14 heavy (non-hydrogen) atoms. The molecule has 76 valence electrons. The van der Waals surface area contributed by atoms with Crippen LogP contribution >= 0.6 is 0 Å². The molecule has 1 aromatic carbocycles. The van der Waals surface area contributed by atoms with Crippen LogP contribution in [0.15, 0.2) is 36.4 Å². The molecular weight excluding hydrogens is 168 g/mol. The standard InChI is InChI=1S/C14H20/c1-11(2)9-12-7-6-8-13(10-12)14(3,4)5/h6-8,10H,1,9H2,2-5H3. The molecule has 0 aliphatic rings. The smallest absolute Gasteiger partial charge is 0.00725 e. The van der Waals surface area contributed by atoms with Gasteiger partial charge in [-0.05, 0) is 29.9 Å². The zero-order valence-electron chi connectivity index (χ0n) is 9.72. The van der Waals surface area contributed by atoms with Crippen LogP contribution in [0.5, 0.6) is 0 Å². The van der Waals surface area contributed by atoms with Crippen LogP contribution in [0.2, 0.25) is 0 Å². The number of hydrogen-bond acceptors (Lipinski definition) is 0. The average Bonchev–Trinajstić information content (AvgIpc) is 2.01. The van der Waals surface area contributed by atoms with E-state index in [0.29, 0.717) is 0 Å². The molecule has 0 bridgehead atoms. The maximum Gasteiger partial charge on any atom is -0.00725 e. The Bertz CT molecular complexity index is 326. The van der Waals surface area contributed by atoms with Crippen LogP contribution in [-0.2, 0) is 11.8 Å². The van der Waals surface area contributed by atoms with Crippen molar-refractivity contribution in [2.75, 3.05) is 0 Å². The van der Waals surface area contributed by atoms with Crippen LogP contribution in [0.25, 0.3) is 0 Å². The molecule has 0 heterocycles. The van der Waals surface area contributed by atoms with Crippen molar-refractivity contribution >= 4 is 0 Å². The Labute approximate surface area is 87.7 Å². The van der Waals surface area contributed by atoms with Gasteiger partial charge in [0.15, 0.2) is 0 Å². The third kappa shape index (κ3) is 3.02. The van der Waals surface area contributed by atoms with Crippen LogP contribution in [0.1, 0.15) is 38.8 Å². The predicted molar refractivity (Wildman–Crippen MR) is 63.7 cm³/mol. The van der Waals surface area contributed by atoms with Gasteiger partial charge in [0.25, 0.3) is 0 Å². The molecule has 0 spiro atoms. The van der Waals surface area contributed by atoms with E-state index in [4.69, 9.17) is 0 Å². The van der Waals surface area contributed by atoms with E-state index in [1.165, 1.54) is 16.7 Å². The highest BCUT2D eigenvalue weighted by molar-refractivity contribution is 5.30. The van der Waals surface area contributed by atoms with E-state index >= 15 is 0 Å². The summed E-state index contributed by atoms with van der Waals surface area (Å²) < 4.78 is 0. The van der Waals surface area contributed by atoms with Crippen molar-refractivity contribution in [1.29, 1.82) is 0 Å². The molecule has 0 fully saturated rings. The Morgan fingerprint density at radius 2 is 1.93 bits per heavy atom. The van der Waals surface area contributed by atoms with Gasteiger partial charge in [-0.25, -0.2) is 0 Å². The molecule has 0 saturated heterocycles. The van der Waals surface area contributed by atoms with Crippen LogP contribution in [0, 0.1) is 0 Å². The first-order chi connectivity index (χ1) is 6.39. The van der Waals surface area contributed by atoms with Crippen molar-refractivity contribution in [3.05, 3.63) is 47.5 Å². The summed E-state index contributed by atoms with van der Waals surface area (Å²) in [7, 11) is 0. The Kier molecular flexibility index (Phi) is 3.15. The minimum atomic E-state index is 0.241. The lowest BCUT2D eigenvalue weighted by molar-refractivity contribution is 0.589. The summed E-state index contributed by atoms with van der Waals surface area (Å²) in [6.07, 6.45) is 0.990. The van der Waals surface area contributed by atoms with Crippen molar-refractivity contribution < 1.29 is 0 Å². The topological polar surface area (TPSA) is 0 Å². The summed E-state index contributed by atoms with van der Waals surface area (Å²) in [6, 6.07) is 8.79. The molecule has 0 radical (unpaired) electrons. The third-order valence-corrected chi connectivity index (χ3v) is 2.30. The fraction of sp³-hybridized carbons (Fsp3) is 0.429. The van der Waals surface area contributed by atoms with Gasteiger partial charge in [-0.3, -0.25) is 0 Å². The van der Waals surface area contributed by atoms with Gasteiger partial charge in [0.05, 0.1) is 0 Å².